The second kappa shape index (κ2) is 4.97. The number of hydrogen-bond acceptors (Lipinski definition) is 2. The van der Waals surface area contributed by atoms with Gasteiger partial charge >= 0.3 is 0 Å². The fourth-order valence-corrected chi connectivity index (χ4v) is 3.55. The summed E-state index contributed by atoms with van der Waals surface area (Å²) in [5.74, 6) is 0.470. The summed E-state index contributed by atoms with van der Waals surface area (Å²) in [5.41, 5.74) is 8.63. The largest absolute Gasteiger partial charge is 0.335 e. The van der Waals surface area contributed by atoms with Crippen LogP contribution in [0, 0.1) is 5.92 Å². The van der Waals surface area contributed by atoms with Gasteiger partial charge < -0.3 is 10.6 Å². The van der Waals surface area contributed by atoms with Crippen LogP contribution >= 0.6 is 0 Å². The SMILES string of the molecule is C[C@@H]1c2ccccc2CCN1C(=O)[C@H]1CC[C@H](N)C1. The molecule has 0 saturated heterocycles. The number of hydrogen-bond donors (Lipinski definition) is 1. The van der Waals surface area contributed by atoms with E-state index in [9.17, 15) is 4.79 Å². The Hall–Kier alpha value is -1.35. The molecule has 0 unspecified atom stereocenters. The number of rotatable bonds is 1. The summed E-state index contributed by atoms with van der Waals surface area (Å²) < 4.78 is 0. The van der Waals surface area contributed by atoms with Gasteiger partial charge in [-0.25, -0.2) is 0 Å². The van der Waals surface area contributed by atoms with Crippen molar-refractivity contribution < 1.29 is 4.79 Å². The van der Waals surface area contributed by atoms with Crippen LogP contribution in [0.2, 0.25) is 0 Å². The molecule has 102 valence electrons. The molecule has 2 N–H and O–H groups in total. The molecular weight excluding hydrogens is 236 g/mol. The lowest BCUT2D eigenvalue weighted by Gasteiger charge is -2.36. The zero-order valence-corrected chi connectivity index (χ0v) is 11.5. The van der Waals surface area contributed by atoms with E-state index in [4.69, 9.17) is 5.73 Å². The lowest BCUT2D eigenvalue weighted by atomic mass is 9.92. The van der Waals surface area contributed by atoms with Gasteiger partial charge in [0, 0.05) is 18.5 Å². The molecule has 3 nitrogen and oxygen atoms in total. The van der Waals surface area contributed by atoms with Crippen molar-refractivity contribution in [2.24, 2.45) is 11.7 Å². The van der Waals surface area contributed by atoms with Gasteiger partial charge in [-0.1, -0.05) is 24.3 Å². The van der Waals surface area contributed by atoms with E-state index in [1.807, 2.05) is 0 Å². The van der Waals surface area contributed by atoms with E-state index in [1.54, 1.807) is 0 Å². The molecule has 1 aliphatic heterocycles. The molecule has 3 heteroatoms. The van der Waals surface area contributed by atoms with Gasteiger partial charge in [0.05, 0.1) is 6.04 Å². The van der Waals surface area contributed by atoms with E-state index in [-0.39, 0.29) is 18.0 Å². The number of nitrogens with two attached hydrogens (primary N) is 1. The second-order valence-corrected chi connectivity index (χ2v) is 5.93. The minimum atomic E-state index is 0.155. The maximum Gasteiger partial charge on any atom is 0.226 e. The highest BCUT2D eigenvalue weighted by molar-refractivity contribution is 5.80. The normalized spacial score (nSPS) is 30.2. The monoisotopic (exact) mass is 258 g/mol. The summed E-state index contributed by atoms with van der Waals surface area (Å²) in [7, 11) is 0. The van der Waals surface area contributed by atoms with Gasteiger partial charge in [-0.2, -0.15) is 0 Å². The van der Waals surface area contributed by atoms with Crippen LogP contribution in [0.25, 0.3) is 0 Å². The molecule has 1 saturated carbocycles. The van der Waals surface area contributed by atoms with Crippen LogP contribution in [0.15, 0.2) is 24.3 Å². The fraction of sp³-hybridized carbons (Fsp3) is 0.562. The van der Waals surface area contributed by atoms with Crippen molar-refractivity contribution in [3.05, 3.63) is 35.4 Å². The van der Waals surface area contributed by atoms with Gasteiger partial charge in [0.15, 0.2) is 0 Å². The average molecular weight is 258 g/mol. The zero-order chi connectivity index (χ0) is 13.4. The van der Waals surface area contributed by atoms with E-state index in [0.29, 0.717) is 5.91 Å². The highest BCUT2D eigenvalue weighted by atomic mass is 16.2. The van der Waals surface area contributed by atoms with Gasteiger partial charge in [0.1, 0.15) is 0 Å². The number of nitrogens with zero attached hydrogens (tertiary/aromatic N) is 1. The van der Waals surface area contributed by atoms with Crippen molar-refractivity contribution in [1.82, 2.24) is 4.90 Å². The van der Waals surface area contributed by atoms with E-state index in [2.05, 4.69) is 36.1 Å². The minimum Gasteiger partial charge on any atom is -0.335 e. The highest BCUT2D eigenvalue weighted by Crippen LogP contribution is 2.33. The maximum absolute atomic E-state index is 12.6. The first-order valence-electron chi connectivity index (χ1n) is 7.30. The fourth-order valence-electron chi connectivity index (χ4n) is 3.55. The van der Waals surface area contributed by atoms with Crippen molar-refractivity contribution in [1.29, 1.82) is 0 Å². The average Bonchev–Trinajstić information content (AvgIpc) is 2.85. The molecule has 2 aliphatic rings. The molecule has 0 aromatic heterocycles. The van der Waals surface area contributed by atoms with Crippen molar-refractivity contribution in [3.8, 4) is 0 Å². The molecule has 1 amide bonds. The Bertz CT molecular complexity index is 485. The molecule has 0 bridgehead atoms. The Morgan fingerprint density at radius 3 is 2.84 bits per heavy atom. The molecule has 1 aliphatic carbocycles. The third kappa shape index (κ3) is 2.27. The van der Waals surface area contributed by atoms with Crippen LogP contribution in [0.1, 0.15) is 43.4 Å². The lowest BCUT2D eigenvalue weighted by molar-refractivity contribution is -0.138. The number of benzene rings is 1. The summed E-state index contributed by atoms with van der Waals surface area (Å²) in [6.45, 7) is 2.99. The molecule has 0 spiro atoms. The standard InChI is InChI=1S/C16H22N2O/c1-11-15-5-3-2-4-12(15)8-9-18(11)16(19)13-6-7-14(17)10-13/h2-5,11,13-14H,6-10,17H2,1H3/t11-,13+,14+/m1/s1. The van der Waals surface area contributed by atoms with Crippen LogP contribution in [0.5, 0.6) is 0 Å². The topological polar surface area (TPSA) is 46.3 Å². The van der Waals surface area contributed by atoms with Gasteiger partial charge in [0.25, 0.3) is 0 Å². The van der Waals surface area contributed by atoms with Gasteiger partial charge in [-0.15, -0.1) is 0 Å². The van der Waals surface area contributed by atoms with Crippen molar-refractivity contribution >= 4 is 5.91 Å². The molecule has 1 aromatic carbocycles. The van der Waals surface area contributed by atoms with Crippen LogP contribution in [-0.2, 0) is 11.2 Å². The summed E-state index contributed by atoms with van der Waals surface area (Å²) in [5, 5.41) is 0. The first-order chi connectivity index (χ1) is 9.16. The quantitative estimate of drug-likeness (QED) is 0.840. The molecule has 3 rings (SSSR count). The molecule has 3 atom stereocenters. The summed E-state index contributed by atoms with van der Waals surface area (Å²) in [4.78, 5) is 14.7. The molecule has 1 aromatic rings. The minimum absolute atomic E-state index is 0.155. The Labute approximate surface area is 114 Å². The third-order valence-corrected chi connectivity index (χ3v) is 4.70. The predicted molar refractivity (Wildman–Crippen MR) is 75.6 cm³/mol. The van der Waals surface area contributed by atoms with Gasteiger partial charge in [0.2, 0.25) is 5.91 Å². The first-order valence-corrected chi connectivity index (χ1v) is 7.30. The smallest absolute Gasteiger partial charge is 0.226 e. The summed E-state index contributed by atoms with van der Waals surface area (Å²) >= 11 is 0. The second-order valence-electron chi connectivity index (χ2n) is 5.93. The Morgan fingerprint density at radius 2 is 2.11 bits per heavy atom. The maximum atomic E-state index is 12.6. The van der Waals surface area contributed by atoms with E-state index < -0.39 is 0 Å². The predicted octanol–water partition coefficient (Wildman–Crippen LogP) is 2.26. The highest BCUT2D eigenvalue weighted by Gasteiger charge is 2.35. The van der Waals surface area contributed by atoms with Crippen LogP contribution in [0.4, 0.5) is 0 Å². The Balaban J connectivity index is 1.78. The Morgan fingerprint density at radius 1 is 1.32 bits per heavy atom. The van der Waals surface area contributed by atoms with Crippen LogP contribution in [-0.4, -0.2) is 23.4 Å². The van der Waals surface area contributed by atoms with Crippen molar-refractivity contribution in [2.75, 3.05) is 6.54 Å². The summed E-state index contributed by atoms with van der Waals surface area (Å²) in [6, 6.07) is 8.91. The van der Waals surface area contributed by atoms with E-state index in [1.165, 1.54) is 11.1 Å². The van der Waals surface area contributed by atoms with E-state index in [0.717, 1.165) is 32.2 Å². The van der Waals surface area contributed by atoms with Crippen LogP contribution < -0.4 is 5.73 Å². The molecule has 1 fully saturated rings. The van der Waals surface area contributed by atoms with Crippen LogP contribution in [0.3, 0.4) is 0 Å². The number of carbonyl (C=O) groups excluding carboxylic acids is 1. The van der Waals surface area contributed by atoms with Crippen molar-refractivity contribution in [3.63, 3.8) is 0 Å². The third-order valence-electron chi connectivity index (χ3n) is 4.70. The number of fused-ring (bicyclic) bond motifs is 1. The van der Waals surface area contributed by atoms with E-state index >= 15 is 0 Å². The molecule has 1 heterocycles. The number of amides is 1. The first kappa shape index (κ1) is 12.7. The van der Waals surface area contributed by atoms with Gasteiger partial charge in [-0.3, -0.25) is 4.79 Å². The lowest BCUT2D eigenvalue weighted by Crippen LogP contribution is -2.41. The number of carbonyl (C=O) groups is 1. The van der Waals surface area contributed by atoms with Crippen molar-refractivity contribution in [2.45, 2.75) is 44.7 Å². The summed E-state index contributed by atoms with van der Waals surface area (Å²) in [6.07, 6.45) is 3.80. The molecule has 19 heavy (non-hydrogen) atoms. The van der Waals surface area contributed by atoms with Gasteiger partial charge in [-0.05, 0) is 43.7 Å². The molecular formula is C16H22N2O. The molecule has 0 radical (unpaired) electrons. The Kier molecular flexibility index (Phi) is 3.31. The zero-order valence-electron chi connectivity index (χ0n) is 11.5.